The van der Waals surface area contributed by atoms with Gasteiger partial charge in [0.05, 0.1) is 0 Å². The van der Waals surface area contributed by atoms with E-state index in [-0.39, 0.29) is 5.97 Å². The third kappa shape index (κ3) is 3.14. The van der Waals surface area contributed by atoms with Crippen molar-refractivity contribution in [3.05, 3.63) is 30.3 Å². The Kier molecular flexibility index (Phi) is 4.56. The SMILES string of the molecule is CCC(C)(C(=O)Oc1ccccc1)N1CCNCC1. The van der Waals surface area contributed by atoms with Gasteiger partial charge in [-0.15, -0.1) is 0 Å². The second-order valence-electron chi connectivity index (χ2n) is 5.07. The predicted molar refractivity (Wildman–Crippen MR) is 75.2 cm³/mol. The van der Waals surface area contributed by atoms with Gasteiger partial charge in [-0.2, -0.15) is 0 Å². The summed E-state index contributed by atoms with van der Waals surface area (Å²) in [5.41, 5.74) is -0.544. The molecule has 0 radical (unpaired) electrons. The monoisotopic (exact) mass is 262 g/mol. The number of carbonyl (C=O) groups excluding carboxylic acids is 1. The first kappa shape index (κ1) is 14.0. The molecule has 0 saturated carbocycles. The van der Waals surface area contributed by atoms with Gasteiger partial charge in [-0.05, 0) is 25.5 Å². The third-order valence-electron chi connectivity index (χ3n) is 3.90. The number of hydrogen-bond acceptors (Lipinski definition) is 4. The fourth-order valence-electron chi connectivity index (χ4n) is 2.36. The fourth-order valence-corrected chi connectivity index (χ4v) is 2.36. The van der Waals surface area contributed by atoms with Crippen molar-refractivity contribution < 1.29 is 9.53 Å². The molecule has 1 aliphatic rings. The van der Waals surface area contributed by atoms with Crippen molar-refractivity contribution in [3.8, 4) is 5.75 Å². The van der Waals surface area contributed by atoms with E-state index in [1.54, 1.807) is 0 Å². The summed E-state index contributed by atoms with van der Waals surface area (Å²) >= 11 is 0. The number of nitrogens with one attached hydrogen (secondary N) is 1. The van der Waals surface area contributed by atoms with Crippen molar-refractivity contribution in [2.24, 2.45) is 0 Å². The minimum absolute atomic E-state index is 0.164. The quantitative estimate of drug-likeness (QED) is 0.662. The number of benzene rings is 1. The second kappa shape index (κ2) is 6.17. The van der Waals surface area contributed by atoms with Gasteiger partial charge in [0.15, 0.2) is 0 Å². The lowest BCUT2D eigenvalue weighted by atomic mass is 9.95. The molecule has 1 unspecified atom stereocenters. The van der Waals surface area contributed by atoms with Crippen LogP contribution >= 0.6 is 0 Å². The smallest absolute Gasteiger partial charge is 0.331 e. The summed E-state index contributed by atoms with van der Waals surface area (Å²) in [5, 5.41) is 3.31. The molecule has 0 aliphatic carbocycles. The predicted octanol–water partition coefficient (Wildman–Crippen LogP) is 1.67. The molecule has 1 N–H and O–H groups in total. The van der Waals surface area contributed by atoms with Gasteiger partial charge in [-0.1, -0.05) is 25.1 Å². The van der Waals surface area contributed by atoms with Gasteiger partial charge in [0.1, 0.15) is 11.3 Å². The van der Waals surface area contributed by atoms with Gasteiger partial charge in [0.25, 0.3) is 0 Å². The maximum absolute atomic E-state index is 12.5. The molecule has 2 rings (SSSR count). The molecule has 4 nitrogen and oxygen atoms in total. The standard InChI is InChI=1S/C15H22N2O2/c1-3-15(2,17-11-9-16-10-12-17)14(18)19-13-7-5-4-6-8-13/h4-8,16H,3,9-12H2,1-2H3. The van der Waals surface area contributed by atoms with E-state index < -0.39 is 5.54 Å². The molecular formula is C15H22N2O2. The van der Waals surface area contributed by atoms with E-state index in [0.29, 0.717) is 5.75 Å². The molecule has 19 heavy (non-hydrogen) atoms. The largest absolute Gasteiger partial charge is 0.425 e. The molecular weight excluding hydrogens is 240 g/mol. The van der Waals surface area contributed by atoms with Crippen LogP contribution in [0.4, 0.5) is 0 Å². The highest BCUT2D eigenvalue weighted by molar-refractivity contribution is 5.82. The van der Waals surface area contributed by atoms with Crippen molar-refractivity contribution in [1.29, 1.82) is 0 Å². The molecule has 1 atom stereocenters. The van der Waals surface area contributed by atoms with Crippen LogP contribution in [-0.2, 0) is 4.79 Å². The normalized spacial score (nSPS) is 19.7. The first-order valence-corrected chi connectivity index (χ1v) is 6.90. The molecule has 1 fully saturated rings. The second-order valence-corrected chi connectivity index (χ2v) is 5.07. The summed E-state index contributed by atoms with van der Waals surface area (Å²) in [6.07, 6.45) is 0.749. The van der Waals surface area contributed by atoms with Gasteiger partial charge in [0, 0.05) is 26.2 Å². The maximum Gasteiger partial charge on any atom is 0.331 e. The molecule has 1 heterocycles. The molecule has 0 bridgehead atoms. The van der Waals surface area contributed by atoms with E-state index >= 15 is 0 Å². The van der Waals surface area contributed by atoms with Gasteiger partial charge in [-0.3, -0.25) is 4.90 Å². The molecule has 1 saturated heterocycles. The van der Waals surface area contributed by atoms with Gasteiger partial charge in [-0.25, -0.2) is 4.79 Å². The highest BCUT2D eigenvalue weighted by Gasteiger charge is 2.40. The number of hydrogen-bond donors (Lipinski definition) is 1. The van der Waals surface area contributed by atoms with Crippen LogP contribution in [0.2, 0.25) is 0 Å². The fraction of sp³-hybridized carbons (Fsp3) is 0.533. The van der Waals surface area contributed by atoms with Crippen molar-refractivity contribution in [3.63, 3.8) is 0 Å². The van der Waals surface area contributed by atoms with E-state index in [2.05, 4.69) is 10.2 Å². The van der Waals surface area contributed by atoms with Crippen molar-refractivity contribution in [1.82, 2.24) is 10.2 Å². The van der Waals surface area contributed by atoms with Crippen LogP contribution in [0.25, 0.3) is 0 Å². The van der Waals surface area contributed by atoms with Crippen LogP contribution in [0, 0.1) is 0 Å². The molecule has 0 spiro atoms. The van der Waals surface area contributed by atoms with Crippen LogP contribution in [0.5, 0.6) is 5.75 Å². The average molecular weight is 262 g/mol. The Bertz CT molecular complexity index is 415. The zero-order valence-corrected chi connectivity index (χ0v) is 11.7. The third-order valence-corrected chi connectivity index (χ3v) is 3.90. The van der Waals surface area contributed by atoms with Gasteiger partial charge in [0.2, 0.25) is 0 Å². The molecule has 4 heteroatoms. The first-order valence-electron chi connectivity index (χ1n) is 6.90. The van der Waals surface area contributed by atoms with Crippen LogP contribution in [-0.4, -0.2) is 42.6 Å². The van der Waals surface area contributed by atoms with E-state index in [4.69, 9.17) is 4.74 Å². The van der Waals surface area contributed by atoms with E-state index in [1.165, 1.54) is 0 Å². The Hall–Kier alpha value is -1.39. The van der Waals surface area contributed by atoms with E-state index in [9.17, 15) is 4.79 Å². The highest BCUT2D eigenvalue weighted by atomic mass is 16.5. The zero-order valence-electron chi connectivity index (χ0n) is 11.7. The minimum atomic E-state index is -0.544. The first-order chi connectivity index (χ1) is 9.16. The van der Waals surface area contributed by atoms with Crippen molar-refractivity contribution in [2.45, 2.75) is 25.8 Å². The summed E-state index contributed by atoms with van der Waals surface area (Å²) in [6.45, 7) is 7.63. The van der Waals surface area contributed by atoms with E-state index in [0.717, 1.165) is 32.6 Å². The Morgan fingerprint density at radius 2 is 1.95 bits per heavy atom. The van der Waals surface area contributed by atoms with Gasteiger partial charge < -0.3 is 10.1 Å². The van der Waals surface area contributed by atoms with Crippen molar-refractivity contribution >= 4 is 5.97 Å². The van der Waals surface area contributed by atoms with E-state index in [1.807, 2.05) is 44.2 Å². The molecule has 104 valence electrons. The number of nitrogens with zero attached hydrogens (tertiary/aromatic N) is 1. The number of piperazine rings is 1. The van der Waals surface area contributed by atoms with Crippen LogP contribution in [0.1, 0.15) is 20.3 Å². The molecule has 1 aliphatic heterocycles. The lowest BCUT2D eigenvalue weighted by Crippen LogP contribution is -2.59. The molecule has 0 amide bonds. The van der Waals surface area contributed by atoms with Gasteiger partial charge >= 0.3 is 5.97 Å². The minimum Gasteiger partial charge on any atom is -0.425 e. The summed E-state index contributed by atoms with van der Waals surface area (Å²) in [7, 11) is 0. The lowest BCUT2D eigenvalue weighted by Gasteiger charge is -2.40. The lowest BCUT2D eigenvalue weighted by molar-refractivity contribution is -0.148. The number of para-hydroxylation sites is 1. The van der Waals surface area contributed by atoms with Crippen LogP contribution in [0.15, 0.2) is 30.3 Å². The number of ether oxygens (including phenoxy) is 1. The van der Waals surface area contributed by atoms with Crippen molar-refractivity contribution in [2.75, 3.05) is 26.2 Å². The Morgan fingerprint density at radius 3 is 2.53 bits per heavy atom. The van der Waals surface area contributed by atoms with Crippen LogP contribution in [0.3, 0.4) is 0 Å². The summed E-state index contributed by atoms with van der Waals surface area (Å²) < 4.78 is 5.52. The molecule has 1 aromatic carbocycles. The Morgan fingerprint density at radius 1 is 1.32 bits per heavy atom. The summed E-state index contributed by atoms with van der Waals surface area (Å²) in [5.74, 6) is 0.449. The highest BCUT2D eigenvalue weighted by Crippen LogP contribution is 2.23. The Balaban J connectivity index is 2.09. The summed E-state index contributed by atoms with van der Waals surface area (Å²) in [6, 6.07) is 9.28. The van der Waals surface area contributed by atoms with Crippen LogP contribution < -0.4 is 10.1 Å². The molecule has 1 aromatic rings. The number of esters is 1. The average Bonchev–Trinajstić information content (AvgIpc) is 2.48. The summed E-state index contributed by atoms with van der Waals surface area (Å²) in [4.78, 5) is 14.7. The zero-order chi connectivity index (χ0) is 13.7. The number of carbonyl (C=O) groups is 1. The topological polar surface area (TPSA) is 41.6 Å². The number of rotatable bonds is 4. The molecule has 0 aromatic heterocycles. The Labute approximate surface area is 114 Å². The maximum atomic E-state index is 12.5.